The highest BCUT2D eigenvalue weighted by Crippen LogP contribution is 2.31. The number of hydrogen-bond acceptors (Lipinski definition) is 1. The number of benzene rings is 2. The van der Waals surface area contributed by atoms with E-state index in [-0.39, 0.29) is 17.5 Å². The third kappa shape index (κ3) is 2.31. The van der Waals surface area contributed by atoms with Gasteiger partial charge in [-0.3, -0.25) is 4.79 Å². The Balaban J connectivity index is 1.82. The molecule has 0 bridgehead atoms. The number of aryl methyl sites for hydroxylation is 2. The molecular weight excluding hydrogens is 253 g/mol. The van der Waals surface area contributed by atoms with Gasteiger partial charge in [-0.05, 0) is 43.0 Å². The number of halogens is 1. The van der Waals surface area contributed by atoms with Crippen molar-refractivity contribution >= 4 is 5.91 Å². The van der Waals surface area contributed by atoms with E-state index in [2.05, 4.69) is 11.4 Å². The number of carbonyl (C=O) groups excluding carboxylic acids is 1. The van der Waals surface area contributed by atoms with E-state index in [1.807, 2.05) is 25.1 Å². The molecule has 0 spiro atoms. The molecule has 1 unspecified atom stereocenters. The smallest absolute Gasteiger partial charge is 0.254 e. The van der Waals surface area contributed by atoms with E-state index in [4.69, 9.17) is 0 Å². The summed E-state index contributed by atoms with van der Waals surface area (Å²) in [5.41, 5.74) is 3.41. The highest BCUT2D eigenvalue weighted by atomic mass is 19.1. The Labute approximate surface area is 117 Å². The van der Waals surface area contributed by atoms with Crippen LogP contribution in [0.15, 0.2) is 42.5 Å². The van der Waals surface area contributed by atoms with Crippen LogP contribution in [0.2, 0.25) is 0 Å². The summed E-state index contributed by atoms with van der Waals surface area (Å²) in [6.07, 6.45) is 1.83. The maximum absolute atomic E-state index is 13.7. The van der Waals surface area contributed by atoms with Gasteiger partial charge in [-0.2, -0.15) is 0 Å². The molecule has 20 heavy (non-hydrogen) atoms. The molecule has 1 aliphatic rings. The summed E-state index contributed by atoms with van der Waals surface area (Å²) >= 11 is 0. The van der Waals surface area contributed by atoms with Gasteiger partial charge in [0.25, 0.3) is 5.91 Å². The minimum absolute atomic E-state index is 0.0152. The van der Waals surface area contributed by atoms with E-state index in [1.54, 1.807) is 12.1 Å². The van der Waals surface area contributed by atoms with Crippen molar-refractivity contribution in [3.8, 4) is 0 Å². The first-order valence-corrected chi connectivity index (χ1v) is 6.80. The van der Waals surface area contributed by atoms with Gasteiger partial charge in [-0.25, -0.2) is 4.39 Å². The monoisotopic (exact) mass is 269 g/mol. The SMILES string of the molecule is Cc1ccc(F)c(C(=O)NC2CCc3ccccc32)c1. The molecule has 3 rings (SSSR count). The molecule has 0 heterocycles. The highest BCUT2D eigenvalue weighted by molar-refractivity contribution is 5.95. The third-order valence-corrected chi connectivity index (χ3v) is 3.80. The van der Waals surface area contributed by atoms with Gasteiger partial charge in [-0.1, -0.05) is 35.9 Å². The van der Waals surface area contributed by atoms with Crippen molar-refractivity contribution in [3.05, 3.63) is 70.5 Å². The van der Waals surface area contributed by atoms with E-state index in [1.165, 1.54) is 11.6 Å². The molecule has 3 heteroatoms. The fourth-order valence-electron chi connectivity index (χ4n) is 2.76. The summed E-state index contributed by atoms with van der Waals surface area (Å²) in [4.78, 5) is 12.2. The number of hydrogen-bond donors (Lipinski definition) is 1. The van der Waals surface area contributed by atoms with Crippen molar-refractivity contribution in [2.45, 2.75) is 25.8 Å². The Morgan fingerprint density at radius 3 is 2.90 bits per heavy atom. The largest absolute Gasteiger partial charge is 0.345 e. The van der Waals surface area contributed by atoms with Crippen LogP contribution in [0.5, 0.6) is 0 Å². The van der Waals surface area contributed by atoms with Crippen molar-refractivity contribution < 1.29 is 9.18 Å². The standard InChI is InChI=1S/C17H16FNO/c1-11-6-8-15(18)14(10-11)17(20)19-16-9-7-12-4-2-3-5-13(12)16/h2-6,8,10,16H,7,9H2,1H3,(H,19,20). The van der Waals surface area contributed by atoms with E-state index < -0.39 is 5.82 Å². The maximum Gasteiger partial charge on any atom is 0.254 e. The van der Waals surface area contributed by atoms with Crippen LogP contribution in [0.3, 0.4) is 0 Å². The first kappa shape index (κ1) is 12.9. The van der Waals surface area contributed by atoms with E-state index in [9.17, 15) is 9.18 Å². The van der Waals surface area contributed by atoms with Crippen molar-refractivity contribution in [2.24, 2.45) is 0 Å². The van der Waals surface area contributed by atoms with Crippen LogP contribution >= 0.6 is 0 Å². The second-order valence-electron chi connectivity index (χ2n) is 5.25. The lowest BCUT2D eigenvalue weighted by atomic mass is 10.1. The number of nitrogens with one attached hydrogen (secondary N) is 1. The average Bonchev–Trinajstić information content (AvgIpc) is 2.85. The van der Waals surface area contributed by atoms with Gasteiger partial charge in [0.1, 0.15) is 5.82 Å². The normalized spacial score (nSPS) is 16.8. The minimum Gasteiger partial charge on any atom is -0.345 e. The van der Waals surface area contributed by atoms with Crippen LogP contribution < -0.4 is 5.32 Å². The molecule has 0 aliphatic heterocycles. The average molecular weight is 269 g/mol. The molecule has 102 valence electrons. The molecule has 2 aromatic rings. The number of amides is 1. The Morgan fingerprint density at radius 2 is 2.05 bits per heavy atom. The molecule has 1 atom stereocenters. The summed E-state index contributed by atoms with van der Waals surface area (Å²) in [7, 11) is 0. The van der Waals surface area contributed by atoms with Crippen LogP contribution in [-0.4, -0.2) is 5.91 Å². The molecule has 1 amide bonds. The lowest BCUT2D eigenvalue weighted by molar-refractivity contribution is 0.0932. The lowest BCUT2D eigenvalue weighted by Crippen LogP contribution is -2.28. The Kier molecular flexibility index (Phi) is 3.26. The van der Waals surface area contributed by atoms with Gasteiger partial charge in [0, 0.05) is 0 Å². The predicted molar refractivity (Wildman–Crippen MR) is 76.1 cm³/mol. The molecular formula is C17H16FNO. The van der Waals surface area contributed by atoms with Crippen LogP contribution in [0.1, 0.15) is 39.5 Å². The van der Waals surface area contributed by atoms with Crippen molar-refractivity contribution in [1.82, 2.24) is 5.32 Å². The first-order chi connectivity index (χ1) is 9.65. The van der Waals surface area contributed by atoms with Gasteiger partial charge >= 0.3 is 0 Å². The lowest BCUT2D eigenvalue weighted by Gasteiger charge is -2.14. The minimum atomic E-state index is -0.473. The fourth-order valence-corrected chi connectivity index (χ4v) is 2.76. The summed E-state index contributed by atoms with van der Waals surface area (Å²) in [5.74, 6) is -0.813. The van der Waals surface area contributed by atoms with Gasteiger partial charge in [0.05, 0.1) is 11.6 Å². The first-order valence-electron chi connectivity index (χ1n) is 6.80. The molecule has 2 aromatic carbocycles. The molecule has 0 radical (unpaired) electrons. The van der Waals surface area contributed by atoms with Crippen LogP contribution in [0.4, 0.5) is 4.39 Å². The topological polar surface area (TPSA) is 29.1 Å². The fraction of sp³-hybridized carbons (Fsp3) is 0.235. The van der Waals surface area contributed by atoms with Gasteiger partial charge in [0.15, 0.2) is 0 Å². The van der Waals surface area contributed by atoms with Gasteiger partial charge < -0.3 is 5.32 Å². The molecule has 0 saturated carbocycles. The molecule has 0 saturated heterocycles. The Bertz CT molecular complexity index is 666. The Hall–Kier alpha value is -2.16. The van der Waals surface area contributed by atoms with Crippen LogP contribution in [0.25, 0.3) is 0 Å². The summed E-state index contributed by atoms with van der Waals surface area (Å²) in [6.45, 7) is 1.85. The van der Waals surface area contributed by atoms with Gasteiger partial charge in [-0.15, -0.1) is 0 Å². The molecule has 0 fully saturated rings. The van der Waals surface area contributed by atoms with E-state index >= 15 is 0 Å². The van der Waals surface area contributed by atoms with Crippen LogP contribution in [0, 0.1) is 12.7 Å². The molecule has 2 nitrogen and oxygen atoms in total. The number of carbonyl (C=O) groups is 1. The molecule has 1 N–H and O–H groups in total. The van der Waals surface area contributed by atoms with E-state index in [0.29, 0.717) is 0 Å². The number of rotatable bonds is 2. The van der Waals surface area contributed by atoms with E-state index in [0.717, 1.165) is 24.0 Å². The summed E-state index contributed by atoms with van der Waals surface area (Å²) < 4.78 is 13.7. The zero-order valence-electron chi connectivity index (χ0n) is 11.3. The van der Waals surface area contributed by atoms with Crippen molar-refractivity contribution in [1.29, 1.82) is 0 Å². The third-order valence-electron chi connectivity index (χ3n) is 3.80. The zero-order valence-corrected chi connectivity index (χ0v) is 11.3. The maximum atomic E-state index is 13.7. The Morgan fingerprint density at radius 1 is 1.25 bits per heavy atom. The van der Waals surface area contributed by atoms with Crippen LogP contribution in [-0.2, 0) is 6.42 Å². The summed E-state index contributed by atoms with van der Waals surface area (Å²) in [6, 6.07) is 12.7. The molecule has 0 aromatic heterocycles. The summed E-state index contributed by atoms with van der Waals surface area (Å²) in [5, 5.41) is 2.94. The van der Waals surface area contributed by atoms with Gasteiger partial charge in [0.2, 0.25) is 0 Å². The highest BCUT2D eigenvalue weighted by Gasteiger charge is 2.24. The second-order valence-corrected chi connectivity index (χ2v) is 5.25. The quantitative estimate of drug-likeness (QED) is 0.887. The second kappa shape index (κ2) is 5.08. The van der Waals surface area contributed by atoms with Crippen molar-refractivity contribution in [2.75, 3.05) is 0 Å². The predicted octanol–water partition coefficient (Wildman–Crippen LogP) is 3.55. The molecule has 1 aliphatic carbocycles. The zero-order chi connectivity index (χ0) is 14.1. The number of fused-ring (bicyclic) bond motifs is 1. The van der Waals surface area contributed by atoms with Crippen molar-refractivity contribution in [3.63, 3.8) is 0 Å².